The Bertz CT molecular complexity index is 390. The second kappa shape index (κ2) is 3.83. The van der Waals surface area contributed by atoms with Crippen LogP contribution >= 0.6 is 15.9 Å². The smallest absolute Gasteiger partial charge is 0.245 e. The van der Waals surface area contributed by atoms with Crippen molar-refractivity contribution in [2.75, 3.05) is 18.4 Å². The highest BCUT2D eigenvalue weighted by Crippen LogP contribution is 2.26. The number of amides is 1. The van der Waals surface area contributed by atoms with E-state index >= 15 is 0 Å². The van der Waals surface area contributed by atoms with E-state index in [4.69, 9.17) is 5.73 Å². The molecule has 0 saturated carbocycles. The van der Waals surface area contributed by atoms with Crippen molar-refractivity contribution >= 4 is 27.5 Å². The molecular formula is C10H12BrN3O. The maximum Gasteiger partial charge on any atom is 0.245 e. The second-order valence-electron chi connectivity index (χ2n) is 3.65. The van der Waals surface area contributed by atoms with E-state index in [0.29, 0.717) is 13.1 Å². The van der Waals surface area contributed by atoms with Crippen molar-refractivity contribution in [3.05, 3.63) is 28.7 Å². The first-order chi connectivity index (χ1) is 7.14. The molecule has 2 rings (SSSR count). The Morgan fingerprint density at radius 3 is 2.60 bits per heavy atom. The molecule has 0 bridgehead atoms. The Hall–Kier alpha value is -1.07. The van der Waals surface area contributed by atoms with Gasteiger partial charge < -0.3 is 16.4 Å². The molecule has 1 aromatic carbocycles. The molecule has 0 unspecified atom stereocenters. The molecule has 15 heavy (non-hydrogen) atoms. The molecule has 4 N–H and O–H groups in total. The predicted octanol–water partition coefficient (Wildman–Crippen LogP) is 0.688. The van der Waals surface area contributed by atoms with Crippen LogP contribution in [0, 0.1) is 0 Å². The monoisotopic (exact) mass is 269 g/mol. The minimum Gasteiger partial charge on any atom is -0.368 e. The van der Waals surface area contributed by atoms with Crippen LogP contribution in [0.4, 0.5) is 5.69 Å². The van der Waals surface area contributed by atoms with Crippen LogP contribution in [0.25, 0.3) is 0 Å². The number of anilines is 1. The van der Waals surface area contributed by atoms with Crippen LogP contribution in [0.5, 0.6) is 0 Å². The van der Waals surface area contributed by atoms with E-state index < -0.39 is 5.54 Å². The van der Waals surface area contributed by atoms with Crippen LogP contribution in [-0.4, -0.2) is 24.5 Å². The van der Waals surface area contributed by atoms with Gasteiger partial charge in [-0.25, -0.2) is 0 Å². The fourth-order valence-corrected chi connectivity index (χ4v) is 1.90. The summed E-state index contributed by atoms with van der Waals surface area (Å²) >= 11 is 3.42. The van der Waals surface area contributed by atoms with Gasteiger partial charge in [-0.15, -0.1) is 0 Å². The molecule has 1 aliphatic heterocycles. The van der Waals surface area contributed by atoms with Crippen LogP contribution in [0.3, 0.4) is 0 Å². The zero-order chi connectivity index (χ0) is 10.9. The average molecular weight is 270 g/mol. The normalized spacial score (nSPS) is 17.9. The van der Waals surface area contributed by atoms with Gasteiger partial charge in [0.15, 0.2) is 0 Å². The molecule has 80 valence electrons. The molecule has 4 nitrogen and oxygen atoms in total. The summed E-state index contributed by atoms with van der Waals surface area (Å²) in [5.41, 5.74) is 5.63. The van der Waals surface area contributed by atoms with Crippen LogP contribution < -0.4 is 16.4 Å². The third-order valence-corrected chi connectivity index (χ3v) is 3.26. The van der Waals surface area contributed by atoms with Crippen LogP contribution in [0.2, 0.25) is 0 Å². The third-order valence-electron chi connectivity index (χ3n) is 2.57. The number of carbonyl (C=O) groups is 1. The van der Waals surface area contributed by atoms with Gasteiger partial charge in [0.1, 0.15) is 5.54 Å². The molecule has 0 atom stereocenters. The topological polar surface area (TPSA) is 67.2 Å². The lowest BCUT2D eigenvalue weighted by Crippen LogP contribution is -2.70. The van der Waals surface area contributed by atoms with Gasteiger partial charge in [0.25, 0.3) is 0 Å². The highest BCUT2D eigenvalue weighted by atomic mass is 79.9. The largest absolute Gasteiger partial charge is 0.368 e. The highest BCUT2D eigenvalue weighted by Gasteiger charge is 2.42. The summed E-state index contributed by atoms with van der Waals surface area (Å²) in [4.78, 5) is 11.3. The number of nitrogens with one attached hydrogen (secondary N) is 2. The lowest BCUT2D eigenvalue weighted by molar-refractivity contribution is -0.123. The van der Waals surface area contributed by atoms with E-state index in [0.717, 1.165) is 10.2 Å². The maximum atomic E-state index is 11.3. The van der Waals surface area contributed by atoms with Crippen LogP contribution in [-0.2, 0) is 4.79 Å². The first kappa shape index (κ1) is 10.4. The molecule has 5 heteroatoms. The molecule has 1 aliphatic rings. The summed E-state index contributed by atoms with van der Waals surface area (Å²) in [6, 6.07) is 7.66. The molecule has 1 aromatic rings. The lowest BCUT2D eigenvalue weighted by atomic mass is 9.91. The molecule has 1 amide bonds. The molecule has 1 heterocycles. The number of nitrogens with two attached hydrogens (primary N) is 1. The SMILES string of the molecule is NC(=O)C1(Nc2ccccc2Br)CNC1. The van der Waals surface area contributed by atoms with E-state index in [1.54, 1.807) is 0 Å². The first-order valence-electron chi connectivity index (χ1n) is 4.67. The molecule has 0 spiro atoms. The van der Waals surface area contributed by atoms with E-state index in [1.165, 1.54) is 0 Å². The van der Waals surface area contributed by atoms with Crippen molar-refractivity contribution < 1.29 is 4.79 Å². The zero-order valence-corrected chi connectivity index (χ0v) is 9.67. The number of hydrogen-bond acceptors (Lipinski definition) is 3. The Labute approximate surface area is 96.4 Å². The number of halogens is 1. The summed E-state index contributed by atoms with van der Waals surface area (Å²) in [5, 5.41) is 6.22. The first-order valence-corrected chi connectivity index (χ1v) is 5.47. The van der Waals surface area contributed by atoms with Gasteiger partial charge in [0.05, 0.1) is 0 Å². The van der Waals surface area contributed by atoms with Gasteiger partial charge in [0, 0.05) is 23.2 Å². The van der Waals surface area contributed by atoms with Crippen molar-refractivity contribution in [2.45, 2.75) is 5.54 Å². The van der Waals surface area contributed by atoms with E-state index in [2.05, 4.69) is 26.6 Å². The minimum atomic E-state index is -0.635. The third kappa shape index (κ3) is 1.85. The number of para-hydroxylation sites is 1. The number of hydrogen-bond donors (Lipinski definition) is 3. The van der Waals surface area contributed by atoms with Crippen LogP contribution in [0.15, 0.2) is 28.7 Å². The molecule has 0 radical (unpaired) electrons. The number of benzene rings is 1. The van der Waals surface area contributed by atoms with Gasteiger partial charge in [-0.05, 0) is 28.1 Å². The fourth-order valence-electron chi connectivity index (χ4n) is 1.52. The number of carbonyl (C=O) groups excluding carboxylic acids is 1. The number of primary amides is 1. The van der Waals surface area contributed by atoms with E-state index in [1.807, 2.05) is 24.3 Å². The van der Waals surface area contributed by atoms with Gasteiger partial charge in [-0.3, -0.25) is 4.79 Å². The van der Waals surface area contributed by atoms with Gasteiger partial charge >= 0.3 is 0 Å². The second-order valence-corrected chi connectivity index (χ2v) is 4.51. The minimum absolute atomic E-state index is 0.322. The summed E-state index contributed by atoms with van der Waals surface area (Å²) < 4.78 is 0.928. The van der Waals surface area contributed by atoms with Gasteiger partial charge in [-0.2, -0.15) is 0 Å². The van der Waals surface area contributed by atoms with E-state index in [9.17, 15) is 4.79 Å². The molecule has 1 fully saturated rings. The van der Waals surface area contributed by atoms with Crippen molar-refractivity contribution in [3.63, 3.8) is 0 Å². The van der Waals surface area contributed by atoms with Crippen molar-refractivity contribution in [1.29, 1.82) is 0 Å². The van der Waals surface area contributed by atoms with Crippen molar-refractivity contribution in [3.8, 4) is 0 Å². The summed E-state index contributed by atoms with van der Waals surface area (Å²) in [5.74, 6) is -0.322. The highest BCUT2D eigenvalue weighted by molar-refractivity contribution is 9.10. The van der Waals surface area contributed by atoms with Gasteiger partial charge in [0.2, 0.25) is 5.91 Å². The lowest BCUT2D eigenvalue weighted by Gasteiger charge is -2.41. The average Bonchev–Trinajstić information content (AvgIpc) is 2.13. The molecule has 0 aromatic heterocycles. The quantitative estimate of drug-likeness (QED) is 0.757. The van der Waals surface area contributed by atoms with Crippen molar-refractivity contribution in [2.24, 2.45) is 5.73 Å². The zero-order valence-electron chi connectivity index (χ0n) is 8.09. The van der Waals surface area contributed by atoms with E-state index in [-0.39, 0.29) is 5.91 Å². The van der Waals surface area contributed by atoms with Gasteiger partial charge in [-0.1, -0.05) is 12.1 Å². The summed E-state index contributed by atoms with van der Waals surface area (Å²) in [6.45, 7) is 1.15. The maximum absolute atomic E-state index is 11.3. The fraction of sp³-hybridized carbons (Fsp3) is 0.300. The molecular weight excluding hydrogens is 258 g/mol. The van der Waals surface area contributed by atoms with Crippen molar-refractivity contribution in [1.82, 2.24) is 5.32 Å². The Kier molecular flexibility index (Phi) is 2.67. The van der Waals surface area contributed by atoms with Crippen LogP contribution in [0.1, 0.15) is 0 Å². The standard InChI is InChI=1S/C10H12BrN3O/c11-7-3-1-2-4-8(7)14-10(9(12)15)5-13-6-10/h1-4,13-14H,5-6H2,(H2,12,15). The molecule has 1 saturated heterocycles. The summed E-state index contributed by atoms with van der Waals surface area (Å²) in [7, 11) is 0. The molecule has 0 aliphatic carbocycles. The Balaban J connectivity index is 2.21. The predicted molar refractivity (Wildman–Crippen MR) is 62.6 cm³/mol. The summed E-state index contributed by atoms with van der Waals surface area (Å²) in [6.07, 6.45) is 0. The Morgan fingerprint density at radius 1 is 1.47 bits per heavy atom. The Morgan fingerprint density at radius 2 is 2.13 bits per heavy atom. The number of rotatable bonds is 3.